The molecule has 2 saturated heterocycles. The zero-order chi connectivity index (χ0) is 26.8. The SMILES string of the molecule is Cc1nc(C2CCC(N3C[C@H](CN4C(=O)C5C(C4=O)C5(C)C)OC[C@@H]3Cc3ccc(Cl)cc3)CC2)sc1C. The molecule has 0 N–H and O–H groups in total. The van der Waals surface area contributed by atoms with Crippen molar-refractivity contribution in [2.45, 2.75) is 83.9 Å². The van der Waals surface area contributed by atoms with Crippen molar-refractivity contribution in [1.29, 1.82) is 0 Å². The van der Waals surface area contributed by atoms with E-state index in [1.165, 1.54) is 26.0 Å². The van der Waals surface area contributed by atoms with Crippen molar-refractivity contribution < 1.29 is 14.3 Å². The van der Waals surface area contributed by atoms with E-state index >= 15 is 0 Å². The van der Waals surface area contributed by atoms with E-state index in [2.05, 4.69) is 30.9 Å². The quantitative estimate of drug-likeness (QED) is 0.447. The molecule has 0 bridgehead atoms. The van der Waals surface area contributed by atoms with Crippen molar-refractivity contribution in [3.05, 3.63) is 50.4 Å². The van der Waals surface area contributed by atoms with E-state index in [0.717, 1.165) is 43.7 Å². The van der Waals surface area contributed by atoms with Gasteiger partial charge in [0.1, 0.15) is 0 Å². The van der Waals surface area contributed by atoms with Gasteiger partial charge in [-0.15, -0.1) is 11.3 Å². The maximum atomic E-state index is 13.0. The summed E-state index contributed by atoms with van der Waals surface area (Å²) in [4.78, 5) is 36.3. The number of aromatic nitrogens is 1. The van der Waals surface area contributed by atoms with Gasteiger partial charge in [-0.3, -0.25) is 19.4 Å². The van der Waals surface area contributed by atoms with Crippen molar-refractivity contribution in [1.82, 2.24) is 14.8 Å². The van der Waals surface area contributed by atoms with E-state index in [9.17, 15) is 9.59 Å². The average molecular weight is 556 g/mol. The first-order valence-corrected chi connectivity index (χ1v) is 15.2. The molecule has 38 heavy (non-hydrogen) atoms. The van der Waals surface area contributed by atoms with Crippen LogP contribution in [0.5, 0.6) is 0 Å². The van der Waals surface area contributed by atoms with Gasteiger partial charge in [-0.05, 0) is 69.1 Å². The van der Waals surface area contributed by atoms with E-state index in [0.29, 0.717) is 25.1 Å². The summed E-state index contributed by atoms with van der Waals surface area (Å²) in [5.74, 6) is 0.266. The fraction of sp³-hybridized carbons (Fsp3) is 0.633. The molecule has 0 spiro atoms. The van der Waals surface area contributed by atoms with Crippen molar-refractivity contribution in [3.63, 3.8) is 0 Å². The number of amides is 2. The molecule has 8 heteroatoms. The second kappa shape index (κ2) is 9.99. The molecule has 4 fully saturated rings. The molecule has 1 aromatic carbocycles. The summed E-state index contributed by atoms with van der Waals surface area (Å²) in [5.41, 5.74) is 2.24. The van der Waals surface area contributed by atoms with Crippen LogP contribution < -0.4 is 0 Å². The Bertz CT molecular complexity index is 1180. The van der Waals surface area contributed by atoms with Crippen molar-refractivity contribution in [2.75, 3.05) is 19.7 Å². The highest BCUT2D eigenvalue weighted by atomic mass is 35.5. The minimum absolute atomic E-state index is 0.00187. The summed E-state index contributed by atoms with van der Waals surface area (Å²) in [5, 5.41) is 2.04. The Kier molecular flexibility index (Phi) is 6.95. The number of piperidine rings is 1. The topological polar surface area (TPSA) is 62.7 Å². The normalized spacial score (nSPS) is 33.0. The summed E-state index contributed by atoms with van der Waals surface area (Å²) in [6, 6.07) is 8.84. The number of thiazole rings is 1. The molecule has 4 aliphatic rings. The number of halogens is 1. The first-order chi connectivity index (χ1) is 18.1. The van der Waals surface area contributed by atoms with E-state index in [4.69, 9.17) is 21.3 Å². The Morgan fingerprint density at radius 1 is 1.05 bits per heavy atom. The molecule has 2 unspecified atom stereocenters. The van der Waals surface area contributed by atoms with Gasteiger partial charge in [0.25, 0.3) is 0 Å². The number of rotatable bonds is 6. The lowest BCUT2D eigenvalue weighted by Gasteiger charge is -2.46. The fourth-order valence-electron chi connectivity index (χ4n) is 7.12. The Balaban J connectivity index is 1.15. The summed E-state index contributed by atoms with van der Waals surface area (Å²) in [7, 11) is 0. The van der Waals surface area contributed by atoms with Crippen molar-refractivity contribution in [2.24, 2.45) is 17.3 Å². The minimum Gasteiger partial charge on any atom is -0.373 e. The molecular formula is C30H38ClN3O3S. The third-order valence-electron chi connectivity index (χ3n) is 9.63. The number of morpholine rings is 1. The summed E-state index contributed by atoms with van der Waals surface area (Å²) >= 11 is 7.99. The standard InChI is InChI=1S/C30H38ClN3O3S/c1-17-18(2)38-27(32-17)20-7-11-22(12-8-20)33-14-24(15-34-28(35)25-26(29(34)36)30(25,3)4)37-16-23(33)13-19-5-9-21(31)10-6-19/h5-6,9-10,20,22-26H,7-8,11-16H2,1-4H3/t20?,22?,23-,24+,25?,26?/m0/s1. The first kappa shape index (κ1) is 26.4. The van der Waals surface area contributed by atoms with Crippen LogP contribution in [0.2, 0.25) is 5.02 Å². The highest BCUT2D eigenvalue weighted by molar-refractivity contribution is 7.11. The molecule has 2 aliphatic heterocycles. The Morgan fingerprint density at radius 2 is 1.71 bits per heavy atom. The molecule has 6 nitrogen and oxygen atoms in total. The molecule has 1 aromatic heterocycles. The van der Waals surface area contributed by atoms with Crippen LogP contribution >= 0.6 is 22.9 Å². The van der Waals surface area contributed by atoms with Gasteiger partial charge in [-0.2, -0.15) is 0 Å². The average Bonchev–Trinajstić information content (AvgIpc) is 3.16. The zero-order valence-corrected chi connectivity index (χ0v) is 24.4. The lowest BCUT2D eigenvalue weighted by molar-refractivity contribution is -0.148. The Labute approximate surface area is 234 Å². The van der Waals surface area contributed by atoms with E-state index in [1.54, 1.807) is 0 Å². The minimum atomic E-state index is -0.180. The van der Waals surface area contributed by atoms with Gasteiger partial charge < -0.3 is 4.74 Å². The van der Waals surface area contributed by atoms with E-state index in [1.807, 2.05) is 37.3 Å². The number of carbonyl (C=O) groups excluding carboxylic acids is 2. The number of hydrogen-bond donors (Lipinski definition) is 0. The Hall–Kier alpha value is -1.80. The van der Waals surface area contributed by atoms with Crippen LogP contribution in [0.3, 0.4) is 0 Å². The lowest BCUT2D eigenvalue weighted by atomic mass is 9.84. The largest absolute Gasteiger partial charge is 0.373 e. The van der Waals surface area contributed by atoms with Crippen molar-refractivity contribution >= 4 is 34.8 Å². The highest BCUT2D eigenvalue weighted by Crippen LogP contribution is 2.63. The molecule has 2 amide bonds. The van der Waals surface area contributed by atoms with Crippen LogP contribution in [0.25, 0.3) is 0 Å². The predicted octanol–water partition coefficient (Wildman–Crippen LogP) is 5.39. The summed E-state index contributed by atoms with van der Waals surface area (Å²) < 4.78 is 6.35. The number of imide groups is 1. The second-order valence-electron chi connectivity index (χ2n) is 12.4. The van der Waals surface area contributed by atoms with Gasteiger partial charge in [0, 0.05) is 34.4 Å². The fourth-order valence-corrected chi connectivity index (χ4v) is 8.34. The van der Waals surface area contributed by atoms with E-state index in [-0.39, 0.29) is 41.2 Å². The molecular weight excluding hydrogens is 518 g/mol. The van der Waals surface area contributed by atoms with Crippen LogP contribution in [-0.4, -0.2) is 64.5 Å². The van der Waals surface area contributed by atoms with Gasteiger partial charge in [-0.25, -0.2) is 4.98 Å². The molecule has 4 atom stereocenters. The van der Waals surface area contributed by atoms with Crippen LogP contribution in [0.1, 0.15) is 66.6 Å². The maximum Gasteiger partial charge on any atom is 0.233 e. The number of carbonyl (C=O) groups is 2. The first-order valence-electron chi connectivity index (χ1n) is 14.0. The summed E-state index contributed by atoms with van der Waals surface area (Å²) in [6.45, 7) is 10.1. The number of ether oxygens (including phenoxy) is 1. The summed E-state index contributed by atoms with van der Waals surface area (Å²) in [6.07, 6.45) is 5.31. The molecule has 3 heterocycles. The van der Waals surface area contributed by atoms with Gasteiger partial charge >= 0.3 is 0 Å². The molecule has 2 aliphatic carbocycles. The molecule has 204 valence electrons. The number of fused-ring (bicyclic) bond motifs is 1. The van der Waals surface area contributed by atoms with Crippen molar-refractivity contribution in [3.8, 4) is 0 Å². The molecule has 0 radical (unpaired) electrons. The lowest BCUT2D eigenvalue weighted by Crippen LogP contribution is -2.58. The number of aryl methyl sites for hydroxylation is 2. The smallest absolute Gasteiger partial charge is 0.233 e. The van der Waals surface area contributed by atoms with E-state index < -0.39 is 0 Å². The third-order valence-corrected chi connectivity index (χ3v) is 11.1. The Morgan fingerprint density at radius 3 is 2.32 bits per heavy atom. The molecule has 2 saturated carbocycles. The zero-order valence-electron chi connectivity index (χ0n) is 22.8. The monoisotopic (exact) mass is 555 g/mol. The number of nitrogens with zero attached hydrogens (tertiary/aromatic N) is 3. The highest BCUT2D eigenvalue weighted by Gasteiger charge is 2.72. The third kappa shape index (κ3) is 4.74. The van der Waals surface area contributed by atoms with Crippen LogP contribution in [0.15, 0.2) is 24.3 Å². The van der Waals surface area contributed by atoms with Gasteiger partial charge in [0.15, 0.2) is 0 Å². The predicted molar refractivity (Wildman–Crippen MR) is 149 cm³/mol. The van der Waals surface area contributed by atoms with Gasteiger partial charge in [0.05, 0.1) is 41.8 Å². The van der Waals surface area contributed by atoms with Gasteiger partial charge in [0.2, 0.25) is 11.8 Å². The van der Waals surface area contributed by atoms with Crippen LogP contribution in [-0.2, 0) is 20.7 Å². The number of hydrogen-bond acceptors (Lipinski definition) is 6. The molecule has 6 rings (SSSR count). The van der Waals surface area contributed by atoms with Crippen LogP contribution in [0.4, 0.5) is 0 Å². The number of benzene rings is 1. The van der Waals surface area contributed by atoms with Gasteiger partial charge in [-0.1, -0.05) is 37.6 Å². The molecule has 2 aromatic rings. The maximum absolute atomic E-state index is 13.0. The second-order valence-corrected chi connectivity index (χ2v) is 14.1. The van der Waals surface area contributed by atoms with Crippen LogP contribution in [0, 0.1) is 31.1 Å². The number of likely N-dealkylation sites (tertiary alicyclic amines) is 1.